The van der Waals surface area contributed by atoms with Crippen LogP contribution in [0.25, 0.3) is 0 Å². The number of furan rings is 1. The predicted molar refractivity (Wildman–Crippen MR) is 97.2 cm³/mol. The number of nitrogens with zero attached hydrogens (tertiary/aromatic N) is 1. The summed E-state index contributed by atoms with van der Waals surface area (Å²) in [4.78, 5) is 15.4. The summed E-state index contributed by atoms with van der Waals surface area (Å²) in [6.45, 7) is 2.76. The van der Waals surface area contributed by atoms with Gasteiger partial charge in [-0.25, -0.2) is 0 Å². The molecule has 4 rings (SSSR count). The average molecular weight is 338 g/mol. The van der Waals surface area contributed by atoms with Gasteiger partial charge >= 0.3 is 0 Å². The molecule has 1 saturated heterocycles. The van der Waals surface area contributed by atoms with Crippen LogP contribution in [0, 0.1) is 5.92 Å². The van der Waals surface area contributed by atoms with E-state index in [0.29, 0.717) is 12.5 Å². The monoisotopic (exact) mass is 338 g/mol. The van der Waals surface area contributed by atoms with Crippen LogP contribution >= 0.6 is 0 Å². The summed E-state index contributed by atoms with van der Waals surface area (Å²) in [5.74, 6) is 1.59. The number of hydrogen-bond acceptors (Lipinski definition) is 3. The maximum Gasteiger partial charge on any atom is 0.227 e. The van der Waals surface area contributed by atoms with E-state index in [2.05, 4.69) is 22.3 Å². The van der Waals surface area contributed by atoms with Gasteiger partial charge in [0.05, 0.1) is 18.2 Å². The molecule has 1 aromatic heterocycles. The Kier molecular flexibility index (Phi) is 4.88. The molecule has 2 atom stereocenters. The first-order valence-corrected chi connectivity index (χ1v) is 9.43. The van der Waals surface area contributed by atoms with Crippen molar-refractivity contribution in [2.45, 2.75) is 37.6 Å². The van der Waals surface area contributed by atoms with Crippen molar-refractivity contribution in [2.75, 3.05) is 19.6 Å². The van der Waals surface area contributed by atoms with E-state index in [1.54, 1.807) is 6.26 Å². The van der Waals surface area contributed by atoms with Crippen LogP contribution in [0.5, 0.6) is 0 Å². The number of amides is 1. The van der Waals surface area contributed by atoms with Crippen molar-refractivity contribution < 1.29 is 9.21 Å². The number of rotatable bonds is 7. The molecule has 1 saturated carbocycles. The molecule has 2 fully saturated rings. The molecule has 1 aliphatic heterocycles. The Balaban J connectivity index is 1.45. The average Bonchev–Trinajstić information content (AvgIpc) is 3.12. The Bertz CT molecular complexity index is 673. The quantitative estimate of drug-likeness (QED) is 0.837. The summed E-state index contributed by atoms with van der Waals surface area (Å²) in [5.41, 5.74) is 1.14. The topological polar surface area (TPSA) is 45.5 Å². The van der Waals surface area contributed by atoms with E-state index in [9.17, 15) is 4.79 Å². The minimum atomic E-state index is -0.0166. The standard InChI is InChI=1S/C21H26N2O2/c24-21(20(17-10-11-17)16-7-2-1-3-8-16)22-15-18(19-9-6-14-25-19)23-12-4-5-13-23/h1-3,6-9,14,17-18,20H,4-5,10-13,15H2,(H,22,24). The highest BCUT2D eigenvalue weighted by Gasteiger charge is 2.37. The van der Waals surface area contributed by atoms with Crippen LogP contribution in [0.3, 0.4) is 0 Å². The normalized spacial score (nSPS) is 20.3. The minimum Gasteiger partial charge on any atom is -0.468 e. The third-order valence-corrected chi connectivity index (χ3v) is 5.46. The van der Waals surface area contributed by atoms with Crippen LogP contribution < -0.4 is 5.32 Å². The summed E-state index contributed by atoms with van der Waals surface area (Å²) in [6.07, 6.45) is 6.47. The fourth-order valence-corrected chi connectivity index (χ4v) is 3.98. The van der Waals surface area contributed by atoms with Crippen molar-refractivity contribution in [3.63, 3.8) is 0 Å². The molecule has 1 N–H and O–H groups in total. The lowest BCUT2D eigenvalue weighted by Crippen LogP contribution is -2.39. The van der Waals surface area contributed by atoms with Gasteiger partial charge in [0.2, 0.25) is 5.91 Å². The molecule has 4 nitrogen and oxygen atoms in total. The van der Waals surface area contributed by atoms with Gasteiger partial charge in [-0.3, -0.25) is 9.69 Å². The maximum absolute atomic E-state index is 13.0. The summed E-state index contributed by atoms with van der Waals surface area (Å²) < 4.78 is 5.65. The first-order valence-electron chi connectivity index (χ1n) is 9.43. The van der Waals surface area contributed by atoms with Crippen molar-refractivity contribution in [3.8, 4) is 0 Å². The van der Waals surface area contributed by atoms with Crippen molar-refractivity contribution in [1.82, 2.24) is 10.2 Å². The van der Waals surface area contributed by atoms with Crippen LogP contribution in [0.2, 0.25) is 0 Å². The van der Waals surface area contributed by atoms with Crippen LogP contribution in [0.15, 0.2) is 53.1 Å². The van der Waals surface area contributed by atoms with Crippen molar-refractivity contribution in [3.05, 3.63) is 60.1 Å². The van der Waals surface area contributed by atoms with Crippen LogP contribution in [-0.2, 0) is 4.79 Å². The Morgan fingerprint density at radius 1 is 1.12 bits per heavy atom. The van der Waals surface area contributed by atoms with Gasteiger partial charge in [-0.15, -0.1) is 0 Å². The lowest BCUT2D eigenvalue weighted by molar-refractivity contribution is -0.123. The summed E-state index contributed by atoms with van der Waals surface area (Å²) >= 11 is 0. The number of carbonyl (C=O) groups excluding carboxylic acids is 1. The fraction of sp³-hybridized carbons (Fsp3) is 0.476. The van der Waals surface area contributed by atoms with Gasteiger partial charge in [0, 0.05) is 6.54 Å². The second-order valence-electron chi connectivity index (χ2n) is 7.25. The molecule has 0 spiro atoms. The molecule has 4 heteroatoms. The molecular formula is C21H26N2O2. The first-order chi connectivity index (χ1) is 12.3. The number of nitrogens with one attached hydrogen (secondary N) is 1. The van der Waals surface area contributed by atoms with Crippen molar-refractivity contribution in [2.24, 2.45) is 5.92 Å². The maximum atomic E-state index is 13.0. The zero-order chi connectivity index (χ0) is 17.1. The van der Waals surface area contributed by atoms with E-state index in [0.717, 1.165) is 37.3 Å². The molecule has 1 aliphatic carbocycles. The third kappa shape index (κ3) is 3.79. The van der Waals surface area contributed by atoms with Crippen LogP contribution in [0.1, 0.15) is 49.0 Å². The number of carbonyl (C=O) groups is 1. The zero-order valence-electron chi connectivity index (χ0n) is 14.6. The second kappa shape index (κ2) is 7.44. The molecule has 0 radical (unpaired) electrons. The Labute approximate surface area is 149 Å². The molecule has 2 heterocycles. The Hall–Kier alpha value is -2.07. The molecule has 25 heavy (non-hydrogen) atoms. The number of benzene rings is 1. The summed E-state index contributed by atoms with van der Waals surface area (Å²) in [5, 5.41) is 3.23. The molecule has 2 unspecified atom stereocenters. The second-order valence-corrected chi connectivity index (χ2v) is 7.25. The molecule has 2 aromatic rings. The first kappa shape index (κ1) is 16.4. The zero-order valence-corrected chi connectivity index (χ0v) is 14.6. The minimum absolute atomic E-state index is 0.0166. The van der Waals surface area contributed by atoms with E-state index in [1.807, 2.05) is 30.3 Å². The van der Waals surface area contributed by atoms with Gasteiger partial charge in [-0.05, 0) is 62.4 Å². The van der Waals surface area contributed by atoms with Crippen molar-refractivity contribution >= 4 is 5.91 Å². The highest BCUT2D eigenvalue weighted by atomic mass is 16.3. The van der Waals surface area contributed by atoms with E-state index in [-0.39, 0.29) is 17.9 Å². The number of hydrogen-bond donors (Lipinski definition) is 1. The van der Waals surface area contributed by atoms with E-state index < -0.39 is 0 Å². The third-order valence-electron chi connectivity index (χ3n) is 5.46. The van der Waals surface area contributed by atoms with Gasteiger partial charge in [-0.1, -0.05) is 30.3 Å². The van der Waals surface area contributed by atoms with Gasteiger partial charge in [0.15, 0.2) is 0 Å². The largest absolute Gasteiger partial charge is 0.468 e. The number of likely N-dealkylation sites (tertiary alicyclic amines) is 1. The van der Waals surface area contributed by atoms with E-state index in [4.69, 9.17) is 4.42 Å². The Morgan fingerprint density at radius 3 is 2.52 bits per heavy atom. The smallest absolute Gasteiger partial charge is 0.227 e. The Morgan fingerprint density at radius 2 is 1.88 bits per heavy atom. The van der Waals surface area contributed by atoms with Crippen LogP contribution in [0.4, 0.5) is 0 Å². The molecule has 132 valence electrons. The van der Waals surface area contributed by atoms with Crippen LogP contribution in [-0.4, -0.2) is 30.4 Å². The lowest BCUT2D eigenvalue weighted by Gasteiger charge is -2.27. The fourth-order valence-electron chi connectivity index (χ4n) is 3.98. The summed E-state index contributed by atoms with van der Waals surface area (Å²) in [7, 11) is 0. The highest BCUT2D eigenvalue weighted by Crippen LogP contribution is 2.42. The van der Waals surface area contributed by atoms with E-state index >= 15 is 0 Å². The van der Waals surface area contributed by atoms with Crippen molar-refractivity contribution in [1.29, 1.82) is 0 Å². The highest BCUT2D eigenvalue weighted by molar-refractivity contribution is 5.84. The molecule has 1 amide bonds. The molecule has 0 bridgehead atoms. The van der Waals surface area contributed by atoms with Gasteiger partial charge < -0.3 is 9.73 Å². The van der Waals surface area contributed by atoms with Gasteiger partial charge in [0.1, 0.15) is 5.76 Å². The van der Waals surface area contributed by atoms with Gasteiger partial charge in [0.25, 0.3) is 0 Å². The SMILES string of the molecule is O=C(NCC(c1ccco1)N1CCCC1)C(c1ccccc1)C1CC1. The van der Waals surface area contributed by atoms with E-state index in [1.165, 1.54) is 12.8 Å². The molecular weight excluding hydrogens is 312 g/mol. The molecule has 1 aromatic carbocycles. The summed E-state index contributed by atoms with van der Waals surface area (Å²) in [6, 6.07) is 14.3. The lowest BCUT2D eigenvalue weighted by atomic mass is 9.93. The predicted octanol–water partition coefficient (Wildman–Crippen LogP) is 3.73. The van der Waals surface area contributed by atoms with Gasteiger partial charge in [-0.2, -0.15) is 0 Å². The molecule has 2 aliphatic rings.